The summed E-state index contributed by atoms with van der Waals surface area (Å²) in [5, 5.41) is 21.6. The van der Waals surface area contributed by atoms with Crippen LogP contribution in [0.5, 0.6) is 0 Å². The molecule has 9 heteroatoms. The first-order valence-electron chi connectivity index (χ1n) is 4.94. The van der Waals surface area contributed by atoms with Crippen molar-refractivity contribution < 1.29 is 4.92 Å². The molecule has 0 aromatic carbocycles. The molecule has 0 aliphatic carbocycles. The molecule has 90 valence electrons. The van der Waals surface area contributed by atoms with E-state index in [1.807, 2.05) is 0 Å². The Hall–Kier alpha value is -2.03. The summed E-state index contributed by atoms with van der Waals surface area (Å²) in [6.45, 7) is 1.44. The fourth-order valence-electron chi connectivity index (χ4n) is 1.22. The van der Waals surface area contributed by atoms with Crippen molar-refractivity contribution in [2.45, 2.75) is 13.0 Å². The lowest BCUT2D eigenvalue weighted by molar-refractivity contribution is -0.380. The van der Waals surface area contributed by atoms with Gasteiger partial charge in [0.2, 0.25) is 0 Å². The number of thiazole rings is 1. The number of nitrogens with one attached hydrogen (secondary N) is 1. The van der Waals surface area contributed by atoms with E-state index in [1.165, 1.54) is 6.20 Å². The second-order valence-corrected chi connectivity index (χ2v) is 4.22. The lowest BCUT2D eigenvalue weighted by Gasteiger charge is -2.01. The van der Waals surface area contributed by atoms with E-state index in [0.29, 0.717) is 11.7 Å². The van der Waals surface area contributed by atoms with Crippen molar-refractivity contribution in [1.82, 2.24) is 20.0 Å². The number of hydrogen-bond donors (Lipinski definition) is 1. The first-order valence-corrected chi connectivity index (χ1v) is 5.75. The lowest BCUT2D eigenvalue weighted by atomic mass is 10.4. The van der Waals surface area contributed by atoms with Crippen molar-refractivity contribution in [3.8, 4) is 0 Å². The molecule has 0 spiro atoms. The number of anilines is 1. The van der Waals surface area contributed by atoms with Crippen molar-refractivity contribution >= 4 is 21.5 Å². The van der Waals surface area contributed by atoms with Crippen LogP contribution in [0.15, 0.2) is 18.6 Å². The molecule has 2 rings (SSSR count). The average molecular weight is 254 g/mol. The number of nitro groups is 1. The third kappa shape index (κ3) is 3.21. The minimum Gasteiger partial charge on any atom is -0.361 e. The van der Waals surface area contributed by atoms with Crippen LogP contribution < -0.4 is 5.32 Å². The van der Waals surface area contributed by atoms with Gasteiger partial charge in [-0.15, -0.1) is 5.10 Å². The van der Waals surface area contributed by atoms with Crippen LogP contribution >= 0.6 is 11.3 Å². The third-order valence-corrected chi connectivity index (χ3v) is 2.89. The van der Waals surface area contributed by atoms with Gasteiger partial charge in [0, 0.05) is 19.3 Å². The first-order chi connectivity index (χ1) is 8.25. The maximum Gasteiger partial charge on any atom is 0.345 e. The van der Waals surface area contributed by atoms with Crippen molar-refractivity contribution in [1.29, 1.82) is 0 Å². The smallest absolute Gasteiger partial charge is 0.345 e. The van der Waals surface area contributed by atoms with Crippen molar-refractivity contribution in [3.63, 3.8) is 0 Å². The van der Waals surface area contributed by atoms with E-state index in [-0.39, 0.29) is 5.00 Å². The summed E-state index contributed by atoms with van der Waals surface area (Å²) in [4.78, 5) is 13.9. The van der Waals surface area contributed by atoms with Gasteiger partial charge in [-0.25, -0.2) is 4.98 Å². The van der Waals surface area contributed by atoms with Gasteiger partial charge in [-0.2, -0.15) is 0 Å². The minimum absolute atomic E-state index is 0.0452. The quantitative estimate of drug-likeness (QED) is 0.471. The second-order valence-electron chi connectivity index (χ2n) is 3.21. The molecule has 8 nitrogen and oxygen atoms in total. The maximum absolute atomic E-state index is 10.4. The monoisotopic (exact) mass is 254 g/mol. The molecule has 0 saturated heterocycles. The Morgan fingerprint density at radius 2 is 2.47 bits per heavy atom. The molecule has 2 aromatic heterocycles. The molecule has 1 N–H and O–H groups in total. The van der Waals surface area contributed by atoms with Crippen LogP contribution in [0.4, 0.5) is 10.1 Å². The van der Waals surface area contributed by atoms with E-state index in [4.69, 9.17) is 0 Å². The summed E-state index contributed by atoms with van der Waals surface area (Å²) in [7, 11) is 0. The predicted octanol–water partition coefficient (Wildman–Crippen LogP) is 1.14. The van der Waals surface area contributed by atoms with Gasteiger partial charge < -0.3 is 5.32 Å². The average Bonchev–Trinajstić information content (AvgIpc) is 2.96. The molecule has 0 saturated carbocycles. The van der Waals surface area contributed by atoms with Crippen molar-refractivity contribution in [3.05, 3.63) is 28.7 Å². The van der Waals surface area contributed by atoms with E-state index in [9.17, 15) is 10.1 Å². The van der Waals surface area contributed by atoms with Crippen LogP contribution in [-0.2, 0) is 6.54 Å². The molecule has 0 atom stereocenters. The molecule has 0 fully saturated rings. The highest BCUT2D eigenvalue weighted by Crippen LogP contribution is 2.24. The predicted molar refractivity (Wildman–Crippen MR) is 61.9 cm³/mol. The van der Waals surface area contributed by atoms with Crippen molar-refractivity contribution in [2.75, 3.05) is 11.9 Å². The Bertz CT molecular complexity index is 482. The third-order valence-electron chi connectivity index (χ3n) is 1.99. The van der Waals surface area contributed by atoms with Gasteiger partial charge in [-0.3, -0.25) is 14.8 Å². The summed E-state index contributed by atoms with van der Waals surface area (Å²) in [6.07, 6.45) is 5.51. The van der Waals surface area contributed by atoms with Gasteiger partial charge in [0.25, 0.3) is 0 Å². The normalized spacial score (nSPS) is 10.4. The Morgan fingerprint density at radius 3 is 3.12 bits per heavy atom. The molecule has 0 aliphatic heterocycles. The Balaban J connectivity index is 1.72. The standard InChI is InChI=1S/C8H10N6O2S/c15-14(16)7-6-10-8(17-7)9-2-1-4-13-5-3-11-12-13/h3,5-6H,1-2,4H2,(H,9,10). The van der Waals surface area contributed by atoms with Crippen LogP contribution in [0.25, 0.3) is 0 Å². The van der Waals surface area contributed by atoms with Crippen molar-refractivity contribution in [2.24, 2.45) is 0 Å². The Labute approximate surface area is 100 Å². The van der Waals surface area contributed by atoms with E-state index >= 15 is 0 Å². The van der Waals surface area contributed by atoms with E-state index in [0.717, 1.165) is 24.3 Å². The fourth-order valence-corrected chi connectivity index (χ4v) is 1.88. The molecule has 0 amide bonds. The summed E-state index contributed by atoms with van der Waals surface area (Å²) >= 11 is 1.03. The number of aryl methyl sites for hydroxylation is 1. The zero-order chi connectivity index (χ0) is 12.1. The fraction of sp³-hybridized carbons (Fsp3) is 0.375. The Morgan fingerprint density at radius 1 is 1.59 bits per heavy atom. The molecule has 17 heavy (non-hydrogen) atoms. The highest BCUT2D eigenvalue weighted by molar-refractivity contribution is 7.18. The number of aromatic nitrogens is 4. The van der Waals surface area contributed by atoms with Crippen LogP contribution in [0.2, 0.25) is 0 Å². The van der Waals surface area contributed by atoms with Gasteiger partial charge in [0.1, 0.15) is 6.20 Å². The van der Waals surface area contributed by atoms with Gasteiger partial charge in [-0.1, -0.05) is 5.21 Å². The van der Waals surface area contributed by atoms with Gasteiger partial charge in [-0.05, 0) is 17.8 Å². The summed E-state index contributed by atoms with van der Waals surface area (Å²) in [5.41, 5.74) is 0. The minimum atomic E-state index is -0.446. The summed E-state index contributed by atoms with van der Waals surface area (Å²) < 4.78 is 1.73. The van der Waals surface area contributed by atoms with Crippen LogP contribution in [-0.4, -0.2) is 31.4 Å². The molecule has 0 unspecified atom stereocenters. The molecule has 0 radical (unpaired) electrons. The topological polar surface area (TPSA) is 98.8 Å². The van der Waals surface area contributed by atoms with E-state index in [2.05, 4.69) is 20.6 Å². The van der Waals surface area contributed by atoms with Gasteiger partial charge in [0.15, 0.2) is 5.13 Å². The first kappa shape index (κ1) is 11.5. The summed E-state index contributed by atoms with van der Waals surface area (Å²) in [6, 6.07) is 0. The maximum atomic E-state index is 10.4. The number of nitrogens with zero attached hydrogens (tertiary/aromatic N) is 5. The van der Waals surface area contributed by atoms with Gasteiger partial charge in [0.05, 0.1) is 11.1 Å². The Kier molecular flexibility index (Phi) is 3.60. The highest BCUT2D eigenvalue weighted by atomic mass is 32.1. The summed E-state index contributed by atoms with van der Waals surface area (Å²) in [5.74, 6) is 0. The van der Waals surface area contributed by atoms with Crippen LogP contribution in [0.3, 0.4) is 0 Å². The highest BCUT2D eigenvalue weighted by Gasteiger charge is 2.10. The van der Waals surface area contributed by atoms with E-state index in [1.54, 1.807) is 17.1 Å². The zero-order valence-corrected chi connectivity index (χ0v) is 9.63. The number of hydrogen-bond acceptors (Lipinski definition) is 7. The largest absolute Gasteiger partial charge is 0.361 e. The second kappa shape index (κ2) is 5.34. The molecule has 0 bridgehead atoms. The lowest BCUT2D eigenvalue weighted by Crippen LogP contribution is -2.06. The molecule has 0 aliphatic rings. The molecular formula is C8H10N6O2S. The SMILES string of the molecule is O=[N+]([O-])c1cnc(NCCCn2ccnn2)s1. The van der Waals surface area contributed by atoms with E-state index < -0.39 is 4.92 Å². The molecule has 2 heterocycles. The van der Waals surface area contributed by atoms with Crippen LogP contribution in [0.1, 0.15) is 6.42 Å². The molecular weight excluding hydrogens is 244 g/mol. The van der Waals surface area contributed by atoms with Gasteiger partial charge >= 0.3 is 5.00 Å². The molecule has 2 aromatic rings. The zero-order valence-electron chi connectivity index (χ0n) is 8.81. The van der Waals surface area contributed by atoms with Crippen LogP contribution in [0, 0.1) is 10.1 Å². The number of rotatable bonds is 6.